The summed E-state index contributed by atoms with van der Waals surface area (Å²) in [6, 6.07) is 15.7. The first-order chi connectivity index (χ1) is 15.6. The monoisotopic (exact) mass is 429 g/mol. The molecule has 0 radical (unpaired) electrons. The maximum Gasteiger partial charge on any atom is 0.251 e. The van der Waals surface area contributed by atoms with Crippen LogP contribution in [0.1, 0.15) is 34.0 Å². The van der Waals surface area contributed by atoms with Gasteiger partial charge < -0.3 is 14.8 Å². The fourth-order valence-corrected chi connectivity index (χ4v) is 4.65. The number of nitrogens with zero attached hydrogens (tertiary/aromatic N) is 2. The van der Waals surface area contributed by atoms with Crippen LogP contribution in [0.2, 0.25) is 0 Å². The van der Waals surface area contributed by atoms with Crippen molar-refractivity contribution >= 4 is 22.9 Å². The van der Waals surface area contributed by atoms with Gasteiger partial charge in [0.25, 0.3) is 5.91 Å². The van der Waals surface area contributed by atoms with Crippen molar-refractivity contribution in [2.75, 3.05) is 40.4 Å². The molecule has 1 N–H and O–H groups in total. The van der Waals surface area contributed by atoms with Gasteiger partial charge in [0, 0.05) is 42.7 Å². The van der Waals surface area contributed by atoms with E-state index in [-0.39, 0.29) is 5.91 Å². The number of hydrogen-bond acceptors (Lipinski definition) is 5. The third-order valence-electron chi connectivity index (χ3n) is 6.31. The summed E-state index contributed by atoms with van der Waals surface area (Å²) >= 11 is 0. The van der Waals surface area contributed by atoms with Crippen LogP contribution in [0.25, 0.3) is 17.0 Å². The fourth-order valence-electron chi connectivity index (χ4n) is 4.65. The minimum absolute atomic E-state index is 0.0710. The second-order valence-electron chi connectivity index (χ2n) is 8.41. The van der Waals surface area contributed by atoms with Gasteiger partial charge in [-0.3, -0.25) is 14.7 Å². The van der Waals surface area contributed by atoms with Crippen molar-refractivity contribution in [3.63, 3.8) is 0 Å². The van der Waals surface area contributed by atoms with Gasteiger partial charge in [0.2, 0.25) is 0 Å². The molecular weight excluding hydrogens is 402 g/mol. The van der Waals surface area contributed by atoms with Crippen LogP contribution in [0.4, 0.5) is 0 Å². The lowest BCUT2D eigenvalue weighted by atomic mass is 9.99. The second kappa shape index (κ2) is 8.63. The number of benzene rings is 2. The van der Waals surface area contributed by atoms with Gasteiger partial charge in [0.05, 0.1) is 18.2 Å². The number of nitrogens with one attached hydrogen (secondary N) is 1. The summed E-state index contributed by atoms with van der Waals surface area (Å²) in [6.07, 6.45) is 3.24. The van der Waals surface area contributed by atoms with Gasteiger partial charge in [0.15, 0.2) is 0 Å². The van der Waals surface area contributed by atoms with E-state index in [2.05, 4.69) is 16.3 Å². The van der Waals surface area contributed by atoms with Crippen molar-refractivity contribution < 1.29 is 14.3 Å². The van der Waals surface area contributed by atoms with Crippen molar-refractivity contribution in [1.82, 2.24) is 15.2 Å². The molecule has 1 amide bonds. The van der Waals surface area contributed by atoms with E-state index < -0.39 is 0 Å². The molecule has 0 spiro atoms. The molecule has 6 nitrogen and oxygen atoms in total. The first-order valence-corrected chi connectivity index (χ1v) is 11.0. The van der Waals surface area contributed by atoms with E-state index in [9.17, 15) is 4.79 Å². The number of rotatable bonds is 5. The molecule has 2 aliphatic rings. The van der Waals surface area contributed by atoms with E-state index in [0.29, 0.717) is 18.1 Å². The number of fused-ring (bicyclic) bond motifs is 2. The Morgan fingerprint density at radius 1 is 1.25 bits per heavy atom. The van der Waals surface area contributed by atoms with Crippen LogP contribution < -0.4 is 14.8 Å². The smallest absolute Gasteiger partial charge is 0.251 e. The second-order valence-corrected chi connectivity index (χ2v) is 8.41. The number of methoxy groups -OCH3 is 1. The predicted molar refractivity (Wildman–Crippen MR) is 125 cm³/mol. The SMILES string of the molecule is CNC(=O)c1cc([C@H]2CCN(CC3=Cc4cc(OC)ccc4OC3)C2)nc2ccccc12. The molecule has 1 saturated heterocycles. The van der Waals surface area contributed by atoms with Crippen molar-refractivity contribution in [2.24, 2.45) is 0 Å². The minimum Gasteiger partial charge on any atom is -0.497 e. The molecule has 2 aromatic carbocycles. The van der Waals surface area contributed by atoms with E-state index in [1.54, 1.807) is 14.2 Å². The summed E-state index contributed by atoms with van der Waals surface area (Å²) in [5.74, 6) is 1.97. The normalized spacial score (nSPS) is 18.1. The van der Waals surface area contributed by atoms with Gasteiger partial charge in [-0.1, -0.05) is 18.2 Å². The molecule has 0 saturated carbocycles. The summed E-state index contributed by atoms with van der Waals surface area (Å²) in [5.41, 5.74) is 4.88. The summed E-state index contributed by atoms with van der Waals surface area (Å²) < 4.78 is 11.3. The Morgan fingerprint density at radius 2 is 2.12 bits per heavy atom. The fraction of sp³-hybridized carbons (Fsp3) is 0.308. The summed E-state index contributed by atoms with van der Waals surface area (Å²) in [5, 5.41) is 3.66. The molecule has 3 aromatic rings. The average Bonchev–Trinajstić information content (AvgIpc) is 3.30. The first-order valence-electron chi connectivity index (χ1n) is 11.0. The molecule has 1 aromatic heterocycles. The molecule has 5 rings (SSSR count). The Kier molecular flexibility index (Phi) is 5.53. The molecule has 32 heavy (non-hydrogen) atoms. The maximum atomic E-state index is 12.5. The van der Waals surface area contributed by atoms with Gasteiger partial charge in [0.1, 0.15) is 18.1 Å². The van der Waals surface area contributed by atoms with Crippen LogP contribution in [-0.2, 0) is 0 Å². The number of ether oxygens (including phenoxy) is 2. The Balaban J connectivity index is 1.34. The molecule has 6 heteroatoms. The maximum absolute atomic E-state index is 12.5. The van der Waals surface area contributed by atoms with E-state index >= 15 is 0 Å². The van der Waals surface area contributed by atoms with Crippen LogP contribution in [-0.4, -0.2) is 56.2 Å². The van der Waals surface area contributed by atoms with Gasteiger partial charge >= 0.3 is 0 Å². The third kappa shape index (κ3) is 3.94. The predicted octanol–water partition coefficient (Wildman–Crippen LogP) is 3.87. The summed E-state index contributed by atoms with van der Waals surface area (Å²) in [4.78, 5) is 19.8. The zero-order valence-corrected chi connectivity index (χ0v) is 18.4. The number of carbonyl (C=O) groups excluding carboxylic acids is 1. The van der Waals surface area contributed by atoms with Crippen molar-refractivity contribution in [2.45, 2.75) is 12.3 Å². The summed E-state index contributed by atoms with van der Waals surface area (Å²) in [6.45, 7) is 3.39. The lowest BCUT2D eigenvalue weighted by Gasteiger charge is -2.23. The Labute approximate surface area is 187 Å². The minimum atomic E-state index is -0.0710. The first kappa shape index (κ1) is 20.5. The third-order valence-corrected chi connectivity index (χ3v) is 6.31. The van der Waals surface area contributed by atoms with E-state index in [0.717, 1.165) is 59.7 Å². The quantitative estimate of drug-likeness (QED) is 0.667. The summed E-state index contributed by atoms with van der Waals surface area (Å²) in [7, 11) is 3.35. The number of amides is 1. The van der Waals surface area contributed by atoms with Gasteiger partial charge in [-0.05, 0) is 54.9 Å². The lowest BCUT2D eigenvalue weighted by molar-refractivity contribution is 0.0964. The molecule has 1 atom stereocenters. The average molecular weight is 430 g/mol. The van der Waals surface area contributed by atoms with Crippen LogP contribution in [0, 0.1) is 0 Å². The Morgan fingerprint density at radius 3 is 2.97 bits per heavy atom. The number of aromatic nitrogens is 1. The van der Waals surface area contributed by atoms with Gasteiger partial charge in [-0.2, -0.15) is 0 Å². The van der Waals surface area contributed by atoms with Crippen LogP contribution in [0.15, 0.2) is 54.1 Å². The highest BCUT2D eigenvalue weighted by Crippen LogP contribution is 2.33. The van der Waals surface area contributed by atoms with Gasteiger partial charge in [-0.15, -0.1) is 0 Å². The van der Waals surface area contributed by atoms with E-state index in [1.165, 1.54) is 5.57 Å². The molecule has 0 aliphatic carbocycles. The highest BCUT2D eigenvalue weighted by molar-refractivity contribution is 6.06. The molecule has 0 bridgehead atoms. The van der Waals surface area contributed by atoms with Crippen LogP contribution in [0.5, 0.6) is 11.5 Å². The highest BCUT2D eigenvalue weighted by Gasteiger charge is 2.27. The number of para-hydroxylation sites is 1. The largest absolute Gasteiger partial charge is 0.497 e. The number of pyridine rings is 1. The Hall–Kier alpha value is -3.38. The topological polar surface area (TPSA) is 63.7 Å². The zero-order valence-electron chi connectivity index (χ0n) is 18.4. The van der Waals surface area contributed by atoms with Gasteiger partial charge in [-0.25, -0.2) is 0 Å². The number of likely N-dealkylation sites (tertiary alicyclic amines) is 1. The van der Waals surface area contributed by atoms with E-state index in [4.69, 9.17) is 14.5 Å². The number of hydrogen-bond donors (Lipinski definition) is 1. The van der Waals surface area contributed by atoms with Crippen LogP contribution in [0.3, 0.4) is 0 Å². The molecule has 2 aliphatic heterocycles. The molecule has 1 fully saturated rings. The van der Waals surface area contributed by atoms with E-state index in [1.807, 2.05) is 48.5 Å². The number of carbonyl (C=O) groups is 1. The van der Waals surface area contributed by atoms with Crippen molar-refractivity contribution in [3.8, 4) is 11.5 Å². The molecule has 3 heterocycles. The molecular formula is C26H27N3O3. The zero-order chi connectivity index (χ0) is 22.1. The lowest BCUT2D eigenvalue weighted by Crippen LogP contribution is -2.26. The molecule has 0 unspecified atom stereocenters. The molecule has 164 valence electrons. The highest BCUT2D eigenvalue weighted by atomic mass is 16.5. The van der Waals surface area contributed by atoms with Crippen molar-refractivity contribution in [3.05, 3.63) is 70.9 Å². The Bertz CT molecular complexity index is 1200. The van der Waals surface area contributed by atoms with Crippen molar-refractivity contribution in [1.29, 1.82) is 0 Å². The van der Waals surface area contributed by atoms with Crippen LogP contribution >= 0.6 is 0 Å². The standard InChI is InChI=1S/C26H27N3O3/c1-27-26(30)22-13-24(28-23-6-4-3-5-21(22)23)18-9-10-29(15-18)14-17-11-19-12-20(31-2)7-8-25(19)32-16-17/h3-8,11-13,18H,9-10,14-16H2,1-2H3,(H,27,30)/t18-/m0/s1.